The number of rotatable bonds is 5. The van der Waals surface area contributed by atoms with Gasteiger partial charge in [-0.05, 0) is 62.3 Å². The van der Waals surface area contributed by atoms with Crippen LogP contribution in [0.2, 0.25) is 0 Å². The maximum Gasteiger partial charge on any atom is 0.0829 e. The zero-order valence-electron chi connectivity index (χ0n) is 18.3. The summed E-state index contributed by atoms with van der Waals surface area (Å²) in [6, 6.07) is 17.2. The number of morpholine rings is 1. The molecular formula is C26H32N4O. The topological polar surface area (TPSA) is 44.4 Å². The number of likely N-dealkylation sites (tertiary alicyclic amines) is 1. The molecule has 2 aliphatic heterocycles. The molecular weight excluding hydrogens is 384 g/mol. The molecule has 5 heteroatoms. The first-order chi connectivity index (χ1) is 15.3. The number of nitrogens with zero attached hydrogens (tertiary/aromatic N) is 3. The Hall–Kier alpha value is -2.47. The highest BCUT2D eigenvalue weighted by Gasteiger charge is 2.26. The first kappa shape index (κ1) is 20.4. The van der Waals surface area contributed by atoms with Gasteiger partial charge in [-0.2, -0.15) is 0 Å². The molecule has 3 aromatic rings. The lowest BCUT2D eigenvalue weighted by Gasteiger charge is -2.37. The molecule has 5 nitrogen and oxygen atoms in total. The van der Waals surface area contributed by atoms with Crippen LogP contribution in [-0.4, -0.2) is 72.3 Å². The van der Waals surface area contributed by atoms with Gasteiger partial charge in [0.25, 0.3) is 0 Å². The summed E-state index contributed by atoms with van der Waals surface area (Å²) in [6.45, 7) is 6.29. The van der Waals surface area contributed by atoms with E-state index in [-0.39, 0.29) is 0 Å². The van der Waals surface area contributed by atoms with Crippen molar-refractivity contribution in [1.29, 1.82) is 0 Å². The third kappa shape index (κ3) is 4.74. The smallest absolute Gasteiger partial charge is 0.0829 e. The number of pyridine rings is 1. The summed E-state index contributed by atoms with van der Waals surface area (Å²) in [5.74, 6) is 0.573. The van der Waals surface area contributed by atoms with Crippen molar-refractivity contribution in [2.45, 2.75) is 24.9 Å². The molecule has 5 rings (SSSR count). The van der Waals surface area contributed by atoms with Crippen LogP contribution in [0.4, 0.5) is 0 Å². The Bertz CT molecular complexity index is 907. The van der Waals surface area contributed by atoms with Gasteiger partial charge in [-0.1, -0.05) is 30.3 Å². The van der Waals surface area contributed by atoms with E-state index in [1.54, 1.807) is 0 Å². The Morgan fingerprint density at radius 2 is 1.77 bits per heavy atom. The van der Waals surface area contributed by atoms with Crippen LogP contribution in [0.3, 0.4) is 0 Å². The second-order valence-corrected chi connectivity index (χ2v) is 8.95. The van der Waals surface area contributed by atoms with Crippen LogP contribution >= 0.6 is 0 Å². The normalized spacial score (nSPS) is 21.4. The van der Waals surface area contributed by atoms with Gasteiger partial charge in [0, 0.05) is 49.2 Å². The molecule has 2 saturated heterocycles. The Kier molecular flexibility index (Phi) is 6.16. The van der Waals surface area contributed by atoms with Gasteiger partial charge in [-0.15, -0.1) is 0 Å². The van der Waals surface area contributed by atoms with E-state index in [0.29, 0.717) is 12.0 Å². The highest BCUT2D eigenvalue weighted by molar-refractivity contribution is 5.81. The fraction of sp³-hybridized carbons (Fsp3) is 0.423. The van der Waals surface area contributed by atoms with Crippen molar-refractivity contribution in [3.8, 4) is 22.4 Å². The molecule has 0 bridgehead atoms. The van der Waals surface area contributed by atoms with Crippen LogP contribution in [-0.2, 0) is 4.74 Å². The van der Waals surface area contributed by atoms with Gasteiger partial charge in [0.15, 0.2) is 0 Å². The number of aromatic nitrogens is 2. The van der Waals surface area contributed by atoms with Crippen molar-refractivity contribution >= 4 is 0 Å². The van der Waals surface area contributed by atoms with E-state index < -0.39 is 0 Å². The molecule has 4 heterocycles. The summed E-state index contributed by atoms with van der Waals surface area (Å²) >= 11 is 0. The summed E-state index contributed by atoms with van der Waals surface area (Å²) in [4.78, 5) is 13.0. The number of aromatic amines is 1. The number of benzene rings is 1. The lowest BCUT2D eigenvalue weighted by atomic mass is 9.92. The SMILES string of the molecule is CN1CCOC(CN2CCC(c3cc(-c4ccncc4)c(-c4ccccc4)[nH]3)CC2)C1. The largest absolute Gasteiger partial charge is 0.374 e. The molecule has 1 N–H and O–H groups in total. The average Bonchev–Trinajstić information content (AvgIpc) is 3.26. The van der Waals surface area contributed by atoms with Crippen LogP contribution in [0.25, 0.3) is 22.4 Å². The van der Waals surface area contributed by atoms with E-state index in [1.165, 1.54) is 40.9 Å². The van der Waals surface area contributed by atoms with Crippen LogP contribution < -0.4 is 0 Å². The fourth-order valence-corrected chi connectivity index (χ4v) is 4.98. The second-order valence-electron chi connectivity index (χ2n) is 8.95. The molecule has 31 heavy (non-hydrogen) atoms. The maximum absolute atomic E-state index is 5.99. The number of nitrogens with one attached hydrogen (secondary N) is 1. The lowest BCUT2D eigenvalue weighted by Crippen LogP contribution is -2.47. The van der Waals surface area contributed by atoms with Crippen molar-refractivity contribution in [2.75, 3.05) is 46.4 Å². The van der Waals surface area contributed by atoms with E-state index in [0.717, 1.165) is 39.3 Å². The molecule has 1 atom stereocenters. The molecule has 162 valence electrons. The number of H-pyrrole nitrogens is 1. The van der Waals surface area contributed by atoms with Gasteiger partial charge >= 0.3 is 0 Å². The fourth-order valence-electron chi connectivity index (χ4n) is 4.98. The Morgan fingerprint density at radius 3 is 2.52 bits per heavy atom. The zero-order chi connectivity index (χ0) is 21.0. The summed E-state index contributed by atoms with van der Waals surface area (Å²) in [7, 11) is 2.19. The van der Waals surface area contributed by atoms with E-state index >= 15 is 0 Å². The number of piperidine rings is 1. The third-order valence-corrected chi connectivity index (χ3v) is 6.72. The molecule has 0 saturated carbocycles. The van der Waals surface area contributed by atoms with Gasteiger partial charge in [-0.25, -0.2) is 0 Å². The molecule has 0 aliphatic carbocycles. The van der Waals surface area contributed by atoms with Crippen molar-refractivity contribution in [1.82, 2.24) is 19.8 Å². The molecule has 0 radical (unpaired) electrons. The first-order valence-corrected chi connectivity index (χ1v) is 11.5. The average molecular weight is 417 g/mol. The van der Waals surface area contributed by atoms with Crippen LogP contribution in [0.15, 0.2) is 60.9 Å². The van der Waals surface area contributed by atoms with Gasteiger partial charge in [0.2, 0.25) is 0 Å². The van der Waals surface area contributed by atoms with Gasteiger partial charge in [0.05, 0.1) is 18.4 Å². The molecule has 2 fully saturated rings. The monoisotopic (exact) mass is 416 g/mol. The molecule has 1 aromatic carbocycles. The summed E-state index contributed by atoms with van der Waals surface area (Å²) < 4.78 is 5.99. The van der Waals surface area contributed by atoms with Crippen molar-refractivity contribution in [2.24, 2.45) is 0 Å². The number of hydrogen-bond acceptors (Lipinski definition) is 4. The molecule has 1 unspecified atom stereocenters. The molecule has 2 aromatic heterocycles. The van der Waals surface area contributed by atoms with Crippen LogP contribution in [0, 0.1) is 0 Å². The van der Waals surface area contributed by atoms with Gasteiger partial charge < -0.3 is 19.5 Å². The predicted octanol–water partition coefficient (Wildman–Crippen LogP) is 4.25. The Morgan fingerprint density at radius 1 is 1.00 bits per heavy atom. The number of ether oxygens (including phenoxy) is 1. The Balaban J connectivity index is 1.31. The van der Waals surface area contributed by atoms with Crippen LogP contribution in [0.5, 0.6) is 0 Å². The summed E-state index contributed by atoms with van der Waals surface area (Å²) in [5.41, 5.74) is 6.29. The maximum atomic E-state index is 5.99. The van der Waals surface area contributed by atoms with Gasteiger partial charge in [-0.3, -0.25) is 4.98 Å². The Labute approximate surface area is 185 Å². The van der Waals surface area contributed by atoms with Crippen LogP contribution in [0.1, 0.15) is 24.5 Å². The third-order valence-electron chi connectivity index (χ3n) is 6.72. The van der Waals surface area contributed by atoms with E-state index in [2.05, 4.69) is 75.3 Å². The summed E-state index contributed by atoms with van der Waals surface area (Å²) in [6.07, 6.45) is 6.48. The van der Waals surface area contributed by atoms with Gasteiger partial charge in [0.1, 0.15) is 0 Å². The molecule has 2 aliphatic rings. The quantitative estimate of drug-likeness (QED) is 0.675. The highest BCUT2D eigenvalue weighted by Crippen LogP contribution is 2.37. The van der Waals surface area contributed by atoms with Crippen molar-refractivity contribution in [3.05, 3.63) is 66.6 Å². The number of likely N-dealkylation sites (N-methyl/N-ethyl adjacent to an activating group) is 1. The lowest BCUT2D eigenvalue weighted by molar-refractivity contribution is -0.0382. The van der Waals surface area contributed by atoms with E-state index in [9.17, 15) is 0 Å². The van der Waals surface area contributed by atoms with E-state index in [1.807, 2.05) is 12.4 Å². The molecule has 0 amide bonds. The minimum atomic E-state index is 0.351. The summed E-state index contributed by atoms with van der Waals surface area (Å²) in [5, 5.41) is 0. The first-order valence-electron chi connectivity index (χ1n) is 11.5. The minimum absolute atomic E-state index is 0.351. The zero-order valence-corrected chi connectivity index (χ0v) is 18.3. The highest BCUT2D eigenvalue weighted by atomic mass is 16.5. The second kappa shape index (κ2) is 9.35. The predicted molar refractivity (Wildman–Crippen MR) is 125 cm³/mol. The van der Waals surface area contributed by atoms with Crippen molar-refractivity contribution < 1.29 is 4.74 Å². The molecule has 0 spiro atoms. The number of hydrogen-bond donors (Lipinski definition) is 1. The standard InChI is InChI=1S/C26H32N4O/c1-29-15-16-31-23(18-29)19-30-13-9-21(10-14-30)25-17-24(20-7-11-27-12-8-20)26(28-25)22-5-3-2-4-6-22/h2-8,11-12,17,21,23,28H,9-10,13-16,18-19H2,1H3. The van der Waals surface area contributed by atoms with Crippen molar-refractivity contribution in [3.63, 3.8) is 0 Å². The minimum Gasteiger partial charge on any atom is -0.374 e. The van der Waals surface area contributed by atoms with E-state index in [4.69, 9.17) is 4.74 Å².